The molecule has 70 valence electrons. The van der Waals surface area contributed by atoms with Crippen LogP contribution in [0.15, 0.2) is 18.2 Å². The molecule has 0 radical (unpaired) electrons. The van der Waals surface area contributed by atoms with Crippen molar-refractivity contribution in [1.29, 1.82) is 0 Å². The molecular formula is C11H14O2. The Kier molecular flexibility index (Phi) is 3.07. The molecule has 0 saturated heterocycles. The lowest BCUT2D eigenvalue weighted by molar-refractivity contribution is -0.108. The number of ether oxygens (including phenoxy) is 1. The third-order valence-electron chi connectivity index (χ3n) is 2.04. The topological polar surface area (TPSA) is 26.3 Å². The van der Waals surface area contributed by atoms with Crippen molar-refractivity contribution in [3.05, 3.63) is 29.3 Å². The second-order valence-electron chi connectivity index (χ2n) is 3.21. The fourth-order valence-electron chi connectivity index (χ4n) is 1.24. The van der Waals surface area contributed by atoms with E-state index in [4.69, 9.17) is 4.74 Å². The van der Waals surface area contributed by atoms with E-state index in [2.05, 4.69) is 0 Å². The van der Waals surface area contributed by atoms with Gasteiger partial charge in [-0.15, -0.1) is 0 Å². The van der Waals surface area contributed by atoms with E-state index in [0.717, 1.165) is 23.2 Å². The highest BCUT2D eigenvalue weighted by Crippen LogP contribution is 2.21. The van der Waals surface area contributed by atoms with Crippen LogP contribution in [0.3, 0.4) is 0 Å². The zero-order valence-electron chi connectivity index (χ0n) is 8.20. The lowest BCUT2D eigenvalue weighted by atomic mass is 10.0. The van der Waals surface area contributed by atoms with Crippen LogP contribution in [0.4, 0.5) is 0 Å². The minimum absolute atomic E-state index is 0.0613. The van der Waals surface area contributed by atoms with Crippen LogP contribution in [0.2, 0.25) is 0 Å². The van der Waals surface area contributed by atoms with Crippen molar-refractivity contribution in [1.82, 2.24) is 0 Å². The maximum atomic E-state index is 10.6. The standard InChI is InChI=1S/C11H14O2/c1-8-4-10(9(2)7-12)6-11(5-8)13-3/h4-7,9H,1-3H3. The number of hydrogen-bond acceptors (Lipinski definition) is 2. The number of aldehydes is 1. The zero-order chi connectivity index (χ0) is 9.84. The van der Waals surface area contributed by atoms with E-state index in [1.165, 1.54) is 0 Å². The zero-order valence-corrected chi connectivity index (χ0v) is 8.20. The van der Waals surface area contributed by atoms with Crippen LogP contribution in [-0.4, -0.2) is 13.4 Å². The number of aryl methyl sites for hydroxylation is 1. The normalized spacial score (nSPS) is 12.2. The van der Waals surface area contributed by atoms with Crippen LogP contribution in [0.25, 0.3) is 0 Å². The minimum Gasteiger partial charge on any atom is -0.497 e. The Morgan fingerprint density at radius 1 is 1.38 bits per heavy atom. The summed E-state index contributed by atoms with van der Waals surface area (Å²) in [7, 11) is 1.63. The number of carbonyl (C=O) groups excluding carboxylic acids is 1. The average molecular weight is 178 g/mol. The van der Waals surface area contributed by atoms with Gasteiger partial charge < -0.3 is 9.53 Å². The van der Waals surface area contributed by atoms with E-state index >= 15 is 0 Å². The predicted molar refractivity (Wildman–Crippen MR) is 52.2 cm³/mol. The number of carbonyl (C=O) groups is 1. The molecule has 0 aliphatic heterocycles. The van der Waals surface area contributed by atoms with Crippen LogP contribution >= 0.6 is 0 Å². The summed E-state index contributed by atoms with van der Waals surface area (Å²) in [6.45, 7) is 3.87. The largest absolute Gasteiger partial charge is 0.497 e. The van der Waals surface area contributed by atoms with Crippen LogP contribution in [0.5, 0.6) is 5.75 Å². The Morgan fingerprint density at radius 3 is 2.62 bits per heavy atom. The molecule has 2 heteroatoms. The quantitative estimate of drug-likeness (QED) is 0.664. The highest BCUT2D eigenvalue weighted by atomic mass is 16.5. The van der Waals surface area contributed by atoms with Crippen molar-refractivity contribution in [2.24, 2.45) is 0 Å². The van der Waals surface area contributed by atoms with Gasteiger partial charge in [0.05, 0.1) is 7.11 Å². The molecule has 0 saturated carbocycles. The monoisotopic (exact) mass is 178 g/mol. The van der Waals surface area contributed by atoms with Crippen LogP contribution in [0.1, 0.15) is 24.0 Å². The summed E-state index contributed by atoms with van der Waals surface area (Å²) in [5.74, 6) is 0.748. The van der Waals surface area contributed by atoms with Crippen LogP contribution in [-0.2, 0) is 4.79 Å². The molecular weight excluding hydrogens is 164 g/mol. The van der Waals surface area contributed by atoms with Crippen LogP contribution < -0.4 is 4.74 Å². The first-order chi connectivity index (χ1) is 6.17. The van der Waals surface area contributed by atoms with Gasteiger partial charge in [0.25, 0.3) is 0 Å². The molecule has 1 atom stereocenters. The molecule has 1 unspecified atom stereocenters. The Labute approximate surface area is 78.5 Å². The van der Waals surface area contributed by atoms with Crippen molar-refractivity contribution >= 4 is 6.29 Å². The summed E-state index contributed by atoms with van der Waals surface area (Å²) in [6, 6.07) is 5.84. The van der Waals surface area contributed by atoms with Gasteiger partial charge in [-0.2, -0.15) is 0 Å². The van der Waals surface area contributed by atoms with Crippen molar-refractivity contribution in [2.45, 2.75) is 19.8 Å². The first-order valence-electron chi connectivity index (χ1n) is 4.28. The van der Waals surface area contributed by atoms with E-state index in [1.807, 2.05) is 32.0 Å². The maximum absolute atomic E-state index is 10.6. The summed E-state index contributed by atoms with van der Waals surface area (Å²) in [5, 5.41) is 0. The van der Waals surface area contributed by atoms with Gasteiger partial charge >= 0.3 is 0 Å². The van der Waals surface area contributed by atoms with Gasteiger partial charge in [-0.1, -0.05) is 13.0 Å². The first-order valence-corrected chi connectivity index (χ1v) is 4.28. The lowest BCUT2D eigenvalue weighted by Crippen LogP contribution is -1.96. The molecule has 0 aliphatic rings. The molecule has 0 heterocycles. The second-order valence-corrected chi connectivity index (χ2v) is 3.21. The Bertz CT molecular complexity index is 305. The molecule has 1 aromatic rings. The molecule has 0 N–H and O–H groups in total. The highest BCUT2D eigenvalue weighted by molar-refractivity contribution is 5.62. The van der Waals surface area contributed by atoms with E-state index in [0.29, 0.717) is 0 Å². The fourth-order valence-corrected chi connectivity index (χ4v) is 1.24. The van der Waals surface area contributed by atoms with E-state index in [9.17, 15) is 4.79 Å². The summed E-state index contributed by atoms with van der Waals surface area (Å²) in [5.41, 5.74) is 2.12. The van der Waals surface area contributed by atoms with E-state index in [1.54, 1.807) is 7.11 Å². The second kappa shape index (κ2) is 4.08. The van der Waals surface area contributed by atoms with Gasteiger partial charge in [-0.3, -0.25) is 0 Å². The van der Waals surface area contributed by atoms with Crippen molar-refractivity contribution in [2.75, 3.05) is 7.11 Å². The number of methoxy groups -OCH3 is 1. The molecule has 0 aliphatic carbocycles. The molecule has 0 aromatic heterocycles. The van der Waals surface area contributed by atoms with E-state index < -0.39 is 0 Å². The maximum Gasteiger partial charge on any atom is 0.127 e. The van der Waals surface area contributed by atoms with Gasteiger partial charge in [-0.25, -0.2) is 0 Å². The van der Waals surface area contributed by atoms with Crippen molar-refractivity contribution < 1.29 is 9.53 Å². The number of hydrogen-bond donors (Lipinski definition) is 0. The van der Waals surface area contributed by atoms with Gasteiger partial charge in [0, 0.05) is 5.92 Å². The summed E-state index contributed by atoms with van der Waals surface area (Å²) in [6.07, 6.45) is 0.939. The highest BCUT2D eigenvalue weighted by Gasteiger charge is 2.05. The number of rotatable bonds is 3. The third kappa shape index (κ3) is 2.31. The van der Waals surface area contributed by atoms with Gasteiger partial charge in [0.1, 0.15) is 12.0 Å². The van der Waals surface area contributed by atoms with Crippen LogP contribution in [0, 0.1) is 6.92 Å². The fraction of sp³-hybridized carbons (Fsp3) is 0.364. The summed E-state index contributed by atoms with van der Waals surface area (Å²) in [4.78, 5) is 10.6. The molecule has 0 bridgehead atoms. The summed E-state index contributed by atoms with van der Waals surface area (Å²) >= 11 is 0. The van der Waals surface area contributed by atoms with E-state index in [-0.39, 0.29) is 5.92 Å². The SMILES string of the molecule is COc1cc(C)cc(C(C)C=O)c1. The average Bonchev–Trinajstić information content (AvgIpc) is 2.15. The van der Waals surface area contributed by atoms with Gasteiger partial charge in [0.15, 0.2) is 0 Å². The summed E-state index contributed by atoms with van der Waals surface area (Å²) < 4.78 is 5.11. The Balaban J connectivity index is 3.07. The van der Waals surface area contributed by atoms with Gasteiger partial charge in [-0.05, 0) is 30.2 Å². The molecule has 1 rings (SSSR count). The molecule has 1 aromatic carbocycles. The van der Waals surface area contributed by atoms with Crippen molar-refractivity contribution in [3.63, 3.8) is 0 Å². The lowest BCUT2D eigenvalue weighted by Gasteiger charge is -2.08. The smallest absolute Gasteiger partial charge is 0.127 e. The van der Waals surface area contributed by atoms with Crippen molar-refractivity contribution in [3.8, 4) is 5.75 Å². The molecule has 0 spiro atoms. The molecule has 2 nitrogen and oxygen atoms in total. The predicted octanol–water partition coefficient (Wildman–Crippen LogP) is 2.31. The Morgan fingerprint density at radius 2 is 2.08 bits per heavy atom. The third-order valence-corrected chi connectivity index (χ3v) is 2.04. The number of benzene rings is 1. The minimum atomic E-state index is -0.0613. The Hall–Kier alpha value is -1.31. The van der Waals surface area contributed by atoms with Gasteiger partial charge in [0.2, 0.25) is 0 Å². The molecule has 13 heavy (non-hydrogen) atoms. The molecule has 0 amide bonds. The molecule has 0 fully saturated rings. The first kappa shape index (κ1) is 9.78.